The number of hydrogen-bond acceptors (Lipinski definition) is 6. The smallest absolute Gasteiger partial charge is 0.132 e. The van der Waals surface area contributed by atoms with Gasteiger partial charge in [0.25, 0.3) is 0 Å². The van der Waals surface area contributed by atoms with Gasteiger partial charge in [0.2, 0.25) is 0 Å². The molecule has 1 N–H and O–H groups in total. The van der Waals surface area contributed by atoms with E-state index in [-0.39, 0.29) is 6.10 Å². The van der Waals surface area contributed by atoms with Crippen molar-refractivity contribution in [2.75, 3.05) is 46.7 Å². The highest BCUT2D eigenvalue weighted by Gasteiger charge is 2.28. The van der Waals surface area contributed by atoms with Crippen molar-refractivity contribution in [3.8, 4) is 11.5 Å². The van der Waals surface area contributed by atoms with Gasteiger partial charge in [-0.3, -0.25) is 9.80 Å². The van der Waals surface area contributed by atoms with Gasteiger partial charge in [-0.05, 0) is 63.7 Å². The number of hydrogen-bond donors (Lipinski definition) is 1. The molecule has 2 fully saturated rings. The van der Waals surface area contributed by atoms with Crippen molar-refractivity contribution in [2.24, 2.45) is 0 Å². The van der Waals surface area contributed by atoms with E-state index in [0.29, 0.717) is 6.04 Å². The molecule has 6 heteroatoms. The fraction of sp³-hybridized carbons (Fsp3) is 0.700. The summed E-state index contributed by atoms with van der Waals surface area (Å²) < 4.78 is 11.2. The Kier molecular flexibility index (Phi) is 7.09. The molecule has 146 valence electrons. The molecule has 2 aliphatic heterocycles. The zero-order valence-corrected chi connectivity index (χ0v) is 17.1. The predicted molar refractivity (Wildman–Crippen MR) is 106 cm³/mol. The maximum Gasteiger partial charge on any atom is 0.132 e. The zero-order valence-electron chi connectivity index (χ0n) is 16.2. The van der Waals surface area contributed by atoms with Crippen LogP contribution in [0.5, 0.6) is 11.5 Å². The lowest BCUT2D eigenvalue weighted by atomic mass is 9.98. The number of methoxy groups -OCH3 is 2. The molecule has 3 rings (SSSR count). The lowest BCUT2D eigenvalue weighted by molar-refractivity contribution is 0.0242. The van der Waals surface area contributed by atoms with Crippen LogP contribution >= 0.6 is 11.8 Å². The molecule has 5 nitrogen and oxygen atoms in total. The van der Waals surface area contributed by atoms with Crippen molar-refractivity contribution < 1.29 is 14.6 Å². The number of aliphatic hydroxyl groups excluding tert-OH is 1. The van der Waals surface area contributed by atoms with E-state index in [1.807, 2.05) is 0 Å². The van der Waals surface area contributed by atoms with Gasteiger partial charge >= 0.3 is 0 Å². The number of β-amino-alcohol motifs (C(OH)–C–C–N with tert-alkyl or cyclic N) is 1. The fourth-order valence-corrected chi connectivity index (χ4v) is 4.78. The van der Waals surface area contributed by atoms with E-state index in [9.17, 15) is 5.11 Å². The minimum Gasteiger partial charge on any atom is -0.496 e. The molecule has 0 saturated carbocycles. The summed E-state index contributed by atoms with van der Waals surface area (Å²) in [4.78, 5) is 6.12. The summed E-state index contributed by atoms with van der Waals surface area (Å²) in [5.41, 5.74) is 1.19. The van der Waals surface area contributed by atoms with Crippen LogP contribution in [0.2, 0.25) is 0 Å². The summed E-state index contributed by atoms with van der Waals surface area (Å²) in [6.07, 6.45) is 6.36. The Balaban J connectivity index is 1.60. The minimum atomic E-state index is -0.131. The second-order valence-electron chi connectivity index (χ2n) is 7.32. The number of piperidine rings is 2. The summed E-state index contributed by atoms with van der Waals surface area (Å²) in [5, 5.41) is 9.93. The molecule has 2 heterocycles. The third-order valence-corrected chi connectivity index (χ3v) is 6.44. The Labute approximate surface area is 161 Å². The van der Waals surface area contributed by atoms with Crippen molar-refractivity contribution in [3.63, 3.8) is 0 Å². The molecule has 0 amide bonds. The molecule has 0 radical (unpaired) electrons. The first-order chi connectivity index (χ1) is 12.6. The van der Waals surface area contributed by atoms with E-state index in [0.717, 1.165) is 62.0 Å². The Bertz CT molecular complexity index is 591. The van der Waals surface area contributed by atoms with Crippen LogP contribution in [0, 0.1) is 0 Å². The first kappa shape index (κ1) is 19.8. The number of likely N-dealkylation sites (tertiary alicyclic amines) is 2. The number of aliphatic hydroxyl groups is 1. The molecule has 1 aromatic carbocycles. The van der Waals surface area contributed by atoms with Gasteiger partial charge in [0.15, 0.2) is 0 Å². The molecule has 1 atom stereocenters. The number of rotatable bonds is 6. The minimum absolute atomic E-state index is 0.131. The summed E-state index contributed by atoms with van der Waals surface area (Å²) in [5.74, 6) is 1.86. The Hall–Kier alpha value is -0.950. The molecule has 2 aliphatic rings. The predicted octanol–water partition coefficient (Wildman–Crippen LogP) is 2.85. The Morgan fingerprint density at radius 3 is 2.42 bits per heavy atom. The van der Waals surface area contributed by atoms with E-state index >= 15 is 0 Å². The second-order valence-corrected chi connectivity index (χ2v) is 8.17. The van der Waals surface area contributed by atoms with Crippen molar-refractivity contribution in [1.82, 2.24) is 9.80 Å². The third kappa shape index (κ3) is 4.66. The number of ether oxygens (including phenoxy) is 2. The normalized spacial score (nSPS) is 23.2. The average molecular weight is 381 g/mol. The van der Waals surface area contributed by atoms with E-state index in [1.54, 1.807) is 26.0 Å². The van der Waals surface area contributed by atoms with Gasteiger partial charge in [-0.25, -0.2) is 0 Å². The molecule has 26 heavy (non-hydrogen) atoms. The SMILES string of the molecule is COc1cc(SC)c(OC)cc1CN1CCC(N2CCC[C@@H](O)C2)CC1. The fourth-order valence-electron chi connectivity index (χ4n) is 4.21. The van der Waals surface area contributed by atoms with E-state index in [2.05, 4.69) is 28.2 Å². The average Bonchev–Trinajstić information content (AvgIpc) is 2.68. The summed E-state index contributed by atoms with van der Waals surface area (Å²) in [7, 11) is 3.47. The van der Waals surface area contributed by atoms with Crippen molar-refractivity contribution in [1.29, 1.82) is 0 Å². The Morgan fingerprint density at radius 2 is 1.81 bits per heavy atom. The van der Waals surface area contributed by atoms with Crippen molar-refractivity contribution in [2.45, 2.75) is 49.3 Å². The molecule has 0 unspecified atom stereocenters. The van der Waals surface area contributed by atoms with Crippen LogP contribution < -0.4 is 9.47 Å². The van der Waals surface area contributed by atoms with Crippen LogP contribution in [-0.4, -0.2) is 73.7 Å². The molecule has 0 bridgehead atoms. The van der Waals surface area contributed by atoms with Crippen LogP contribution in [0.4, 0.5) is 0 Å². The highest BCUT2D eigenvalue weighted by Crippen LogP contribution is 2.35. The van der Waals surface area contributed by atoms with E-state index in [1.165, 1.54) is 18.4 Å². The van der Waals surface area contributed by atoms with Gasteiger partial charge in [0.1, 0.15) is 11.5 Å². The van der Waals surface area contributed by atoms with Crippen LogP contribution in [0.25, 0.3) is 0 Å². The first-order valence-electron chi connectivity index (χ1n) is 9.58. The largest absolute Gasteiger partial charge is 0.496 e. The highest BCUT2D eigenvalue weighted by molar-refractivity contribution is 7.98. The lowest BCUT2D eigenvalue weighted by Crippen LogP contribution is -2.49. The third-order valence-electron chi connectivity index (χ3n) is 5.68. The first-order valence-corrected chi connectivity index (χ1v) is 10.8. The van der Waals surface area contributed by atoms with Crippen LogP contribution in [0.1, 0.15) is 31.2 Å². The van der Waals surface area contributed by atoms with Gasteiger partial charge in [-0.15, -0.1) is 11.8 Å². The maximum atomic E-state index is 9.93. The number of benzene rings is 1. The molecule has 2 saturated heterocycles. The second kappa shape index (κ2) is 9.31. The van der Waals surface area contributed by atoms with Gasteiger partial charge < -0.3 is 14.6 Å². The summed E-state index contributed by atoms with van der Waals surface area (Å²) in [6.45, 7) is 5.07. The van der Waals surface area contributed by atoms with Gasteiger partial charge in [-0.2, -0.15) is 0 Å². The van der Waals surface area contributed by atoms with Crippen LogP contribution in [0.3, 0.4) is 0 Å². The topological polar surface area (TPSA) is 45.2 Å². The highest BCUT2D eigenvalue weighted by atomic mass is 32.2. The monoisotopic (exact) mass is 380 g/mol. The molecular weight excluding hydrogens is 348 g/mol. The summed E-state index contributed by atoms with van der Waals surface area (Å²) in [6, 6.07) is 4.83. The van der Waals surface area contributed by atoms with E-state index in [4.69, 9.17) is 9.47 Å². The zero-order chi connectivity index (χ0) is 18.5. The van der Waals surface area contributed by atoms with Gasteiger partial charge in [-0.1, -0.05) is 0 Å². The lowest BCUT2D eigenvalue weighted by Gasteiger charge is -2.41. The maximum absolute atomic E-state index is 9.93. The quantitative estimate of drug-likeness (QED) is 0.766. The number of nitrogens with zero attached hydrogens (tertiary/aromatic N) is 2. The molecule has 0 aliphatic carbocycles. The molecule has 1 aromatic rings. The molecule has 0 spiro atoms. The standard InChI is InChI=1S/C20H32N2O3S/c1-24-18-12-20(26-3)19(25-2)11-15(18)13-21-9-6-16(7-10-21)22-8-4-5-17(23)14-22/h11-12,16-17,23H,4-10,13-14H2,1-3H3/t17-/m1/s1. The van der Waals surface area contributed by atoms with Crippen LogP contribution in [-0.2, 0) is 6.54 Å². The van der Waals surface area contributed by atoms with Crippen molar-refractivity contribution in [3.05, 3.63) is 17.7 Å². The molecular formula is C20H32N2O3S. The van der Waals surface area contributed by atoms with Crippen molar-refractivity contribution >= 4 is 11.8 Å². The van der Waals surface area contributed by atoms with Crippen LogP contribution in [0.15, 0.2) is 17.0 Å². The number of thioether (sulfide) groups is 1. The Morgan fingerprint density at radius 1 is 1.08 bits per heavy atom. The van der Waals surface area contributed by atoms with Gasteiger partial charge in [0, 0.05) is 24.7 Å². The van der Waals surface area contributed by atoms with E-state index < -0.39 is 0 Å². The molecule has 0 aromatic heterocycles. The summed E-state index contributed by atoms with van der Waals surface area (Å²) >= 11 is 1.68. The van der Waals surface area contributed by atoms with Gasteiger partial charge in [0.05, 0.1) is 25.2 Å².